The first-order valence-electron chi connectivity index (χ1n) is 13.2. The molecular weight excluding hydrogens is 527 g/mol. The summed E-state index contributed by atoms with van der Waals surface area (Å²) in [6, 6.07) is 21.6. The number of carbonyl (C=O) groups excluding carboxylic acids is 1. The Hall–Kier alpha value is -4.30. The maximum absolute atomic E-state index is 13.7. The highest BCUT2D eigenvalue weighted by Gasteiger charge is 2.27. The lowest BCUT2D eigenvalue weighted by Crippen LogP contribution is -2.49. The molecule has 3 heterocycles. The normalized spacial score (nSPS) is 13.7. The lowest BCUT2D eigenvalue weighted by Gasteiger charge is -2.36. The Bertz CT molecular complexity index is 1690. The van der Waals surface area contributed by atoms with Crippen molar-refractivity contribution < 1.29 is 9.18 Å². The SMILES string of the molecule is Cc1ccc(Cc2nc(N3CCN(C(=O)c4cccc(Cl)c4)CC3)c3c(C)nn(-c4ccc(F)cc4)c3n2)cc1. The third kappa shape index (κ3) is 5.14. The number of hydrogen-bond acceptors (Lipinski definition) is 5. The average molecular weight is 555 g/mol. The van der Waals surface area contributed by atoms with Crippen LogP contribution in [0.5, 0.6) is 0 Å². The summed E-state index contributed by atoms with van der Waals surface area (Å²) in [5.41, 5.74) is 5.07. The molecule has 0 spiro atoms. The minimum atomic E-state index is -0.308. The molecule has 1 amide bonds. The average Bonchev–Trinajstić information content (AvgIpc) is 3.30. The van der Waals surface area contributed by atoms with Gasteiger partial charge in [0.15, 0.2) is 5.65 Å². The Kier molecular flexibility index (Phi) is 6.94. The number of halogens is 2. The van der Waals surface area contributed by atoms with Crippen molar-refractivity contribution in [3.8, 4) is 5.69 Å². The summed E-state index contributed by atoms with van der Waals surface area (Å²) < 4.78 is 15.4. The van der Waals surface area contributed by atoms with Gasteiger partial charge in [-0.05, 0) is 61.9 Å². The van der Waals surface area contributed by atoms with Crippen LogP contribution in [0.4, 0.5) is 10.2 Å². The van der Waals surface area contributed by atoms with Crippen molar-refractivity contribution in [2.75, 3.05) is 31.1 Å². The second kappa shape index (κ2) is 10.7. The van der Waals surface area contributed by atoms with Crippen molar-refractivity contribution in [1.29, 1.82) is 0 Å². The van der Waals surface area contributed by atoms with Crippen molar-refractivity contribution in [3.05, 3.63) is 112 Å². The third-order valence-electron chi connectivity index (χ3n) is 7.22. The number of hydrogen-bond donors (Lipinski definition) is 0. The summed E-state index contributed by atoms with van der Waals surface area (Å²) in [5, 5.41) is 6.18. The summed E-state index contributed by atoms with van der Waals surface area (Å²) in [6.45, 7) is 6.33. The molecule has 6 rings (SSSR count). The first kappa shape index (κ1) is 26.0. The van der Waals surface area contributed by atoms with Crippen LogP contribution in [0.15, 0.2) is 72.8 Å². The van der Waals surface area contributed by atoms with E-state index in [1.807, 2.05) is 11.8 Å². The number of amides is 1. The highest BCUT2D eigenvalue weighted by atomic mass is 35.5. The van der Waals surface area contributed by atoms with E-state index in [1.165, 1.54) is 17.7 Å². The van der Waals surface area contributed by atoms with E-state index < -0.39 is 0 Å². The van der Waals surface area contributed by atoms with Crippen molar-refractivity contribution in [2.45, 2.75) is 20.3 Å². The lowest BCUT2D eigenvalue weighted by molar-refractivity contribution is 0.0746. The molecule has 2 aromatic heterocycles. The van der Waals surface area contributed by atoms with Crippen LogP contribution in [0.3, 0.4) is 0 Å². The molecule has 0 unspecified atom stereocenters. The zero-order valence-corrected chi connectivity index (χ0v) is 23.1. The van der Waals surface area contributed by atoms with Crippen molar-refractivity contribution in [1.82, 2.24) is 24.6 Å². The number of anilines is 1. The predicted molar refractivity (Wildman–Crippen MR) is 155 cm³/mol. The molecule has 1 aliphatic rings. The van der Waals surface area contributed by atoms with Crippen LogP contribution in [0.1, 0.15) is 33.0 Å². The van der Waals surface area contributed by atoms with Gasteiger partial charge in [0, 0.05) is 43.2 Å². The fraction of sp³-hybridized carbons (Fsp3) is 0.226. The van der Waals surface area contributed by atoms with Gasteiger partial charge in [0.05, 0.1) is 16.8 Å². The van der Waals surface area contributed by atoms with Crippen molar-refractivity contribution in [3.63, 3.8) is 0 Å². The summed E-state index contributed by atoms with van der Waals surface area (Å²) >= 11 is 6.12. The van der Waals surface area contributed by atoms with E-state index in [0.29, 0.717) is 54.7 Å². The van der Waals surface area contributed by atoms with Crippen LogP contribution < -0.4 is 4.90 Å². The van der Waals surface area contributed by atoms with Gasteiger partial charge in [0.25, 0.3) is 5.91 Å². The largest absolute Gasteiger partial charge is 0.352 e. The van der Waals surface area contributed by atoms with E-state index in [9.17, 15) is 9.18 Å². The minimum Gasteiger partial charge on any atom is -0.352 e. The highest BCUT2D eigenvalue weighted by Crippen LogP contribution is 2.30. The van der Waals surface area contributed by atoms with E-state index in [-0.39, 0.29) is 11.7 Å². The number of fused-ring (bicyclic) bond motifs is 1. The quantitative estimate of drug-likeness (QED) is 0.276. The number of carbonyl (C=O) groups is 1. The molecule has 0 atom stereocenters. The topological polar surface area (TPSA) is 67.2 Å². The van der Waals surface area contributed by atoms with Crippen LogP contribution in [0.2, 0.25) is 5.02 Å². The van der Waals surface area contributed by atoms with E-state index >= 15 is 0 Å². The van der Waals surface area contributed by atoms with Crippen LogP contribution in [-0.2, 0) is 6.42 Å². The van der Waals surface area contributed by atoms with Crippen LogP contribution in [0, 0.1) is 19.7 Å². The van der Waals surface area contributed by atoms with Crippen LogP contribution >= 0.6 is 11.6 Å². The highest BCUT2D eigenvalue weighted by molar-refractivity contribution is 6.30. The molecule has 9 heteroatoms. The molecule has 0 aliphatic carbocycles. The molecule has 40 heavy (non-hydrogen) atoms. The molecular formula is C31H28ClFN6O. The van der Waals surface area contributed by atoms with Gasteiger partial charge in [0.2, 0.25) is 0 Å². The zero-order chi connectivity index (χ0) is 27.8. The number of rotatable bonds is 5. The summed E-state index contributed by atoms with van der Waals surface area (Å²) in [7, 11) is 0. The summed E-state index contributed by atoms with van der Waals surface area (Å²) in [6.07, 6.45) is 0.560. The Labute approximate surface area is 236 Å². The second-order valence-corrected chi connectivity index (χ2v) is 10.5. The fourth-order valence-electron chi connectivity index (χ4n) is 5.09. The van der Waals surface area contributed by atoms with Gasteiger partial charge < -0.3 is 9.80 Å². The van der Waals surface area contributed by atoms with Crippen molar-refractivity contribution in [2.24, 2.45) is 0 Å². The van der Waals surface area contributed by atoms with Gasteiger partial charge >= 0.3 is 0 Å². The standard InChI is InChI=1S/C31H28ClFN6O/c1-20-6-8-22(9-7-20)18-27-34-29(28-21(2)36-39(30(28)35-27)26-12-10-25(33)11-13-26)37-14-16-38(17-15-37)31(40)23-4-3-5-24(32)19-23/h3-13,19H,14-18H2,1-2H3. The van der Waals surface area contributed by atoms with E-state index in [0.717, 1.165) is 28.1 Å². The van der Waals surface area contributed by atoms with Gasteiger partial charge in [-0.2, -0.15) is 5.10 Å². The molecule has 0 bridgehead atoms. The fourth-order valence-corrected chi connectivity index (χ4v) is 5.28. The van der Waals surface area contributed by atoms with E-state index in [2.05, 4.69) is 36.1 Å². The number of benzene rings is 3. The predicted octanol–water partition coefficient (Wildman–Crippen LogP) is 5.78. The third-order valence-corrected chi connectivity index (χ3v) is 7.46. The number of nitrogens with zero attached hydrogens (tertiary/aromatic N) is 6. The molecule has 202 valence electrons. The molecule has 3 aromatic carbocycles. The number of aromatic nitrogens is 4. The van der Waals surface area contributed by atoms with Crippen LogP contribution in [-0.4, -0.2) is 56.7 Å². The molecule has 1 aliphatic heterocycles. The van der Waals surface area contributed by atoms with E-state index in [4.69, 9.17) is 26.7 Å². The molecule has 0 radical (unpaired) electrons. The Morgan fingerprint density at radius 2 is 1.65 bits per heavy atom. The maximum Gasteiger partial charge on any atom is 0.254 e. The molecule has 0 saturated carbocycles. The van der Waals surface area contributed by atoms with Gasteiger partial charge in [0.1, 0.15) is 17.5 Å². The first-order valence-corrected chi connectivity index (χ1v) is 13.6. The Balaban J connectivity index is 1.36. The van der Waals surface area contributed by atoms with Gasteiger partial charge in [-0.25, -0.2) is 19.0 Å². The number of aryl methyl sites for hydroxylation is 2. The smallest absolute Gasteiger partial charge is 0.254 e. The van der Waals surface area contributed by atoms with Gasteiger partial charge in [-0.3, -0.25) is 4.79 Å². The summed E-state index contributed by atoms with van der Waals surface area (Å²) in [5.74, 6) is 1.13. The lowest BCUT2D eigenvalue weighted by atomic mass is 10.1. The second-order valence-electron chi connectivity index (χ2n) is 10.1. The number of piperazine rings is 1. The zero-order valence-electron chi connectivity index (χ0n) is 22.3. The van der Waals surface area contributed by atoms with Gasteiger partial charge in [-0.1, -0.05) is 47.5 Å². The first-order chi connectivity index (χ1) is 19.4. The maximum atomic E-state index is 13.7. The Morgan fingerprint density at radius 1 is 0.925 bits per heavy atom. The molecule has 1 saturated heterocycles. The molecule has 1 fully saturated rings. The molecule has 5 aromatic rings. The Morgan fingerprint density at radius 3 is 2.35 bits per heavy atom. The van der Waals surface area contributed by atoms with Gasteiger partial charge in [-0.15, -0.1) is 0 Å². The van der Waals surface area contributed by atoms with Crippen molar-refractivity contribution >= 4 is 34.4 Å². The monoisotopic (exact) mass is 554 g/mol. The molecule has 0 N–H and O–H groups in total. The summed E-state index contributed by atoms with van der Waals surface area (Å²) in [4.78, 5) is 27.2. The van der Waals surface area contributed by atoms with E-state index in [1.54, 1.807) is 41.1 Å². The molecule has 7 nitrogen and oxygen atoms in total. The van der Waals surface area contributed by atoms with Crippen LogP contribution in [0.25, 0.3) is 16.7 Å². The minimum absolute atomic E-state index is 0.0321.